The monoisotopic (exact) mass is 316 g/mol. The van der Waals surface area contributed by atoms with E-state index in [2.05, 4.69) is 19.1 Å². The minimum atomic E-state index is -0.280. The fourth-order valence-electron chi connectivity index (χ4n) is 2.06. The molecule has 0 spiro atoms. The largest absolute Gasteiger partial charge is 0.497 e. The Bertz CT molecular complexity index is 635. The molecule has 2 aromatic carbocycles. The Hall–Kier alpha value is -1.94. The van der Waals surface area contributed by atoms with Crippen molar-refractivity contribution in [2.75, 3.05) is 13.7 Å². The average molecular weight is 316 g/mol. The Morgan fingerprint density at radius 2 is 1.82 bits per heavy atom. The van der Waals surface area contributed by atoms with Gasteiger partial charge in [0.25, 0.3) is 0 Å². The summed E-state index contributed by atoms with van der Waals surface area (Å²) in [5, 5.41) is 0. The molecule has 2 aromatic rings. The highest BCUT2D eigenvalue weighted by atomic mass is 32.2. The summed E-state index contributed by atoms with van der Waals surface area (Å²) in [7, 11) is 1.68. The number of esters is 1. The van der Waals surface area contributed by atoms with Crippen molar-refractivity contribution >= 4 is 17.7 Å². The number of benzene rings is 2. The molecule has 0 aromatic heterocycles. The lowest BCUT2D eigenvalue weighted by Crippen LogP contribution is -2.03. The topological polar surface area (TPSA) is 35.5 Å². The summed E-state index contributed by atoms with van der Waals surface area (Å²) in [6.07, 6.45) is 0.945. The van der Waals surface area contributed by atoms with E-state index in [-0.39, 0.29) is 5.97 Å². The van der Waals surface area contributed by atoms with E-state index >= 15 is 0 Å². The van der Waals surface area contributed by atoms with Gasteiger partial charge in [0.2, 0.25) is 0 Å². The van der Waals surface area contributed by atoms with Crippen molar-refractivity contribution in [2.24, 2.45) is 0 Å². The normalized spacial score (nSPS) is 10.3. The molecule has 0 atom stereocenters. The Kier molecular flexibility index (Phi) is 5.90. The van der Waals surface area contributed by atoms with E-state index in [0.717, 1.165) is 17.1 Å². The molecule has 0 unspecified atom stereocenters. The molecule has 0 fully saturated rings. The third-order valence-electron chi connectivity index (χ3n) is 3.24. The number of hydrogen-bond donors (Lipinski definition) is 0. The molecule has 4 heteroatoms. The fraction of sp³-hybridized carbons (Fsp3) is 0.278. The summed E-state index contributed by atoms with van der Waals surface area (Å²) in [5.74, 6) is 0.594. The second kappa shape index (κ2) is 7.90. The van der Waals surface area contributed by atoms with Gasteiger partial charge < -0.3 is 9.47 Å². The third-order valence-corrected chi connectivity index (χ3v) is 4.37. The summed E-state index contributed by atoms with van der Waals surface area (Å²) >= 11 is 1.68. The third kappa shape index (κ3) is 4.04. The lowest BCUT2D eigenvalue weighted by molar-refractivity contribution is 0.0526. The van der Waals surface area contributed by atoms with Gasteiger partial charge >= 0.3 is 5.97 Å². The van der Waals surface area contributed by atoms with Gasteiger partial charge in [0.1, 0.15) is 5.75 Å². The first-order valence-corrected chi connectivity index (χ1v) is 8.11. The Labute approximate surface area is 135 Å². The van der Waals surface area contributed by atoms with E-state index in [1.807, 2.05) is 18.2 Å². The number of ether oxygens (including phenoxy) is 2. The molecule has 116 valence electrons. The Morgan fingerprint density at radius 3 is 2.41 bits per heavy atom. The second-order valence-corrected chi connectivity index (χ2v) is 5.79. The van der Waals surface area contributed by atoms with Crippen LogP contribution in [-0.2, 0) is 11.2 Å². The highest BCUT2D eigenvalue weighted by Crippen LogP contribution is 2.33. The Balaban J connectivity index is 2.15. The van der Waals surface area contributed by atoms with Gasteiger partial charge in [-0.1, -0.05) is 18.7 Å². The van der Waals surface area contributed by atoms with Crippen LogP contribution in [0.1, 0.15) is 29.8 Å². The van der Waals surface area contributed by atoms with E-state index < -0.39 is 0 Å². The number of rotatable bonds is 6. The van der Waals surface area contributed by atoms with Gasteiger partial charge in [-0.25, -0.2) is 4.79 Å². The standard InChI is InChI=1S/C18H20O3S/c1-4-13-12-15(20-3)8-11-17(13)22-16-9-6-14(7-10-16)18(19)21-5-2/h6-12H,4-5H2,1-3H3. The molecular formula is C18H20O3S. The van der Waals surface area contributed by atoms with Crippen LogP contribution in [0.2, 0.25) is 0 Å². The van der Waals surface area contributed by atoms with Gasteiger partial charge in [-0.15, -0.1) is 0 Å². The average Bonchev–Trinajstić information content (AvgIpc) is 2.56. The van der Waals surface area contributed by atoms with Crippen molar-refractivity contribution in [1.82, 2.24) is 0 Å². The zero-order valence-electron chi connectivity index (χ0n) is 13.1. The van der Waals surface area contributed by atoms with Crippen LogP contribution < -0.4 is 4.74 Å². The van der Waals surface area contributed by atoms with Crippen LogP contribution in [0.3, 0.4) is 0 Å². The van der Waals surface area contributed by atoms with Crippen LogP contribution in [0, 0.1) is 0 Å². The molecule has 0 heterocycles. The molecule has 22 heavy (non-hydrogen) atoms. The van der Waals surface area contributed by atoms with Crippen molar-refractivity contribution in [2.45, 2.75) is 30.1 Å². The molecule has 0 aliphatic rings. The summed E-state index contributed by atoms with van der Waals surface area (Å²) in [5.41, 5.74) is 1.83. The van der Waals surface area contributed by atoms with Crippen molar-refractivity contribution in [3.05, 3.63) is 53.6 Å². The minimum Gasteiger partial charge on any atom is -0.497 e. The molecule has 0 amide bonds. The summed E-state index contributed by atoms with van der Waals surface area (Å²) in [6, 6.07) is 13.6. The summed E-state index contributed by atoms with van der Waals surface area (Å²) in [6.45, 7) is 4.32. The quantitative estimate of drug-likeness (QED) is 0.730. The lowest BCUT2D eigenvalue weighted by Gasteiger charge is -2.10. The molecule has 0 saturated carbocycles. The zero-order valence-corrected chi connectivity index (χ0v) is 13.9. The molecule has 0 aliphatic carbocycles. The van der Waals surface area contributed by atoms with E-state index in [1.165, 1.54) is 10.5 Å². The molecule has 0 aliphatic heterocycles. The summed E-state index contributed by atoms with van der Waals surface area (Å²) in [4.78, 5) is 13.9. The van der Waals surface area contributed by atoms with Crippen LogP contribution in [0.15, 0.2) is 52.3 Å². The number of hydrogen-bond acceptors (Lipinski definition) is 4. The molecular weight excluding hydrogens is 296 g/mol. The van der Waals surface area contributed by atoms with E-state index in [9.17, 15) is 4.79 Å². The van der Waals surface area contributed by atoms with Gasteiger partial charge in [-0.3, -0.25) is 0 Å². The van der Waals surface area contributed by atoms with Gasteiger partial charge in [-0.05, 0) is 61.4 Å². The predicted octanol–water partition coefficient (Wildman–Crippen LogP) is 4.59. The number of carbonyl (C=O) groups excluding carboxylic acids is 1. The second-order valence-electron chi connectivity index (χ2n) is 4.67. The molecule has 3 nitrogen and oxygen atoms in total. The van der Waals surface area contributed by atoms with Crippen molar-refractivity contribution in [3.8, 4) is 5.75 Å². The van der Waals surface area contributed by atoms with Crippen molar-refractivity contribution in [3.63, 3.8) is 0 Å². The van der Waals surface area contributed by atoms with Crippen molar-refractivity contribution in [1.29, 1.82) is 0 Å². The van der Waals surface area contributed by atoms with Crippen LogP contribution in [-0.4, -0.2) is 19.7 Å². The molecule has 0 N–H and O–H groups in total. The predicted molar refractivity (Wildman–Crippen MR) is 88.9 cm³/mol. The maximum Gasteiger partial charge on any atom is 0.338 e. The van der Waals surface area contributed by atoms with E-state index in [4.69, 9.17) is 9.47 Å². The first kappa shape index (κ1) is 16.4. The SMILES string of the molecule is CCOC(=O)c1ccc(Sc2ccc(OC)cc2CC)cc1. The van der Waals surface area contributed by atoms with Gasteiger partial charge in [0, 0.05) is 9.79 Å². The first-order valence-electron chi connectivity index (χ1n) is 7.29. The zero-order chi connectivity index (χ0) is 15.9. The van der Waals surface area contributed by atoms with E-state index in [0.29, 0.717) is 12.2 Å². The molecule has 2 rings (SSSR count). The highest BCUT2D eigenvalue weighted by Gasteiger charge is 2.08. The summed E-state index contributed by atoms with van der Waals surface area (Å²) < 4.78 is 10.3. The maximum atomic E-state index is 11.6. The number of carbonyl (C=O) groups is 1. The highest BCUT2D eigenvalue weighted by molar-refractivity contribution is 7.99. The number of methoxy groups -OCH3 is 1. The van der Waals surface area contributed by atoms with Crippen LogP contribution >= 0.6 is 11.8 Å². The maximum absolute atomic E-state index is 11.6. The first-order chi connectivity index (χ1) is 10.7. The minimum absolute atomic E-state index is 0.280. The van der Waals surface area contributed by atoms with Crippen LogP contribution in [0.5, 0.6) is 5.75 Å². The molecule has 0 saturated heterocycles. The van der Waals surface area contributed by atoms with Crippen molar-refractivity contribution < 1.29 is 14.3 Å². The molecule has 0 bridgehead atoms. The number of aryl methyl sites for hydroxylation is 1. The van der Waals surface area contributed by atoms with E-state index in [1.54, 1.807) is 37.9 Å². The Morgan fingerprint density at radius 1 is 1.09 bits per heavy atom. The van der Waals surface area contributed by atoms with Gasteiger partial charge in [0.05, 0.1) is 19.3 Å². The van der Waals surface area contributed by atoms with Gasteiger partial charge in [-0.2, -0.15) is 0 Å². The smallest absolute Gasteiger partial charge is 0.338 e. The lowest BCUT2D eigenvalue weighted by atomic mass is 10.1. The van der Waals surface area contributed by atoms with Gasteiger partial charge in [0.15, 0.2) is 0 Å². The molecule has 0 radical (unpaired) electrons. The van der Waals surface area contributed by atoms with Crippen LogP contribution in [0.4, 0.5) is 0 Å². The van der Waals surface area contributed by atoms with Crippen LogP contribution in [0.25, 0.3) is 0 Å². The fourth-order valence-corrected chi connectivity index (χ4v) is 3.06.